The van der Waals surface area contributed by atoms with Crippen LogP contribution < -0.4 is 0 Å². The fourth-order valence-corrected chi connectivity index (χ4v) is 11.9. The quantitative estimate of drug-likeness (QED) is 0.0533. The van der Waals surface area contributed by atoms with E-state index >= 15 is 0 Å². The van der Waals surface area contributed by atoms with Crippen LogP contribution in [0, 0.1) is 6.42 Å². The molecule has 0 amide bonds. The largest absolute Gasteiger partial charge is 0.0654 e. The van der Waals surface area contributed by atoms with Gasteiger partial charge < -0.3 is 0 Å². The van der Waals surface area contributed by atoms with Gasteiger partial charge in [-0.3, -0.25) is 0 Å². The highest BCUT2D eigenvalue weighted by molar-refractivity contribution is 4.58. The van der Waals surface area contributed by atoms with Crippen molar-refractivity contribution in [1.82, 2.24) is 0 Å². The van der Waals surface area contributed by atoms with Gasteiger partial charge in [0.15, 0.2) is 0 Å². The van der Waals surface area contributed by atoms with Gasteiger partial charge in [-0.2, -0.15) is 0 Å². The summed E-state index contributed by atoms with van der Waals surface area (Å²) in [6, 6.07) is 0. The van der Waals surface area contributed by atoms with E-state index in [2.05, 4.69) is 20.3 Å². The lowest BCUT2D eigenvalue weighted by atomic mass is 10.0. The Labute approximate surface area is 454 Å². The highest BCUT2D eigenvalue weighted by atomic mass is 14.1. The molecule has 0 aromatic heterocycles. The molecule has 0 aliphatic heterocycles. The van der Waals surface area contributed by atoms with Gasteiger partial charge in [-0.1, -0.05) is 450 Å². The van der Waals surface area contributed by atoms with Gasteiger partial charge in [0.1, 0.15) is 0 Å². The van der Waals surface area contributed by atoms with Gasteiger partial charge in [0.25, 0.3) is 0 Å². The molecular weight excluding hydrogens is 853 g/mol. The van der Waals surface area contributed by atoms with E-state index in [4.69, 9.17) is 0 Å². The van der Waals surface area contributed by atoms with Crippen LogP contribution in [-0.4, -0.2) is 0 Å². The van der Waals surface area contributed by atoms with Crippen LogP contribution in [0.4, 0.5) is 0 Å². The van der Waals surface area contributed by atoms with E-state index in [1.807, 2.05) is 0 Å². The van der Waals surface area contributed by atoms with Gasteiger partial charge in [0, 0.05) is 0 Å². The topological polar surface area (TPSA) is 0 Å². The Morgan fingerprint density at radius 1 is 0.127 bits per heavy atom. The lowest BCUT2D eigenvalue weighted by Gasteiger charge is -2.05. The van der Waals surface area contributed by atoms with Crippen LogP contribution in [0.25, 0.3) is 0 Å². The van der Waals surface area contributed by atoms with Gasteiger partial charge in [0.05, 0.1) is 0 Å². The molecule has 0 saturated heterocycles. The predicted octanol–water partition coefficient (Wildman–Crippen LogP) is 27.8. The van der Waals surface area contributed by atoms with Crippen LogP contribution in [0.5, 0.6) is 0 Å². The van der Waals surface area contributed by atoms with E-state index < -0.39 is 0 Å². The molecule has 0 aliphatic carbocycles. The van der Waals surface area contributed by atoms with E-state index in [1.165, 1.54) is 437 Å². The maximum atomic E-state index is 2.32. The maximum Gasteiger partial charge on any atom is -0.0417 e. The third-order valence-electron chi connectivity index (χ3n) is 17.1. The van der Waals surface area contributed by atoms with Crippen LogP contribution >= 0.6 is 0 Å². The third kappa shape index (κ3) is 70.0. The highest BCUT2D eigenvalue weighted by Gasteiger charge is 2.01. The molecule has 0 aromatic rings. The summed E-state index contributed by atoms with van der Waals surface area (Å²) in [5, 5.41) is 0. The molecule has 0 atom stereocenters. The van der Waals surface area contributed by atoms with Gasteiger partial charge in [-0.15, -0.1) is 0 Å². The first kappa shape index (κ1) is 71.0. The average molecular weight is 997 g/mol. The summed E-state index contributed by atoms with van der Waals surface area (Å²) >= 11 is 0. The lowest BCUT2D eigenvalue weighted by molar-refractivity contribution is 0.506. The molecule has 427 valence electrons. The first-order chi connectivity index (χ1) is 35.4. The summed E-state index contributed by atoms with van der Waals surface area (Å²) in [5.74, 6) is 0. The Balaban J connectivity index is 3.07. The Kier molecular flexibility index (Phi) is 70.0. The standard InChI is InChI=1S/C71H143/c1-3-5-7-9-11-13-15-17-19-21-23-25-27-29-31-33-35-37-39-41-43-45-47-49-51-53-55-57-59-61-63-65-67-69-71-70-68-66-64-62-60-58-56-54-52-50-48-46-44-42-40-38-36-34-32-30-28-26-24-22-20-18-16-14-12-10-8-6-4-2/h3H,4-71H2,1-2H3. The minimum atomic E-state index is 1.32. The van der Waals surface area contributed by atoms with Crippen molar-refractivity contribution in [2.45, 2.75) is 450 Å². The maximum absolute atomic E-state index is 2.32. The second-order valence-corrected chi connectivity index (χ2v) is 24.5. The number of hydrogen-bond donors (Lipinski definition) is 0. The molecular formula is C71H143. The molecule has 1 radical (unpaired) electrons. The SMILES string of the molecule is C[CH]CCCCCCCCCCCCCCCCCCCCCCCCCCCCCCCCCCCCCCCCCCCCCCCCCCCCCCCCCCCCCCCCCCCCC. The van der Waals surface area contributed by atoms with Crippen LogP contribution in [-0.2, 0) is 0 Å². The zero-order valence-corrected chi connectivity index (χ0v) is 50.7. The van der Waals surface area contributed by atoms with E-state index in [0.717, 1.165) is 0 Å². The third-order valence-corrected chi connectivity index (χ3v) is 17.1. The van der Waals surface area contributed by atoms with Crippen LogP contribution in [0.2, 0.25) is 0 Å². The lowest BCUT2D eigenvalue weighted by Crippen LogP contribution is -1.85. The Morgan fingerprint density at radius 3 is 0.296 bits per heavy atom. The second-order valence-electron chi connectivity index (χ2n) is 24.5. The van der Waals surface area contributed by atoms with Crippen molar-refractivity contribution < 1.29 is 0 Å². The molecule has 0 fully saturated rings. The van der Waals surface area contributed by atoms with Gasteiger partial charge in [-0.25, -0.2) is 0 Å². The van der Waals surface area contributed by atoms with E-state index in [9.17, 15) is 0 Å². The number of rotatable bonds is 68. The van der Waals surface area contributed by atoms with Crippen molar-refractivity contribution in [3.8, 4) is 0 Å². The number of hydrogen-bond acceptors (Lipinski definition) is 0. The Bertz CT molecular complexity index is 775. The monoisotopic (exact) mass is 996 g/mol. The summed E-state index contributed by atoms with van der Waals surface area (Å²) in [6.07, 6.45) is 103. The van der Waals surface area contributed by atoms with E-state index in [0.29, 0.717) is 0 Å². The molecule has 0 heterocycles. The molecule has 0 spiro atoms. The zero-order valence-electron chi connectivity index (χ0n) is 50.7. The summed E-state index contributed by atoms with van der Waals surface area (Å²) in [5.41, 5.74) is 0. The van der Waals surface area contributed by atoms with E-state index in [1.54, 1.807) is 0 Å². The molecule has 0 N–H and O–H groups in total. The molecule has 71 heavy (non-hydrogen) atoms. The van der Waals surface area contributed by atoms with E-state index in [-0.39, 0.29) is 0 Å². The van der Waals surface area contributed by atoms with Crippen molar-refractivity contribution in [3.63, 3.8) is 0 Å². The molecule has 0 saturated carbocycles. The first-order valence-electron chi connectivity index (χ1n) is 35.2. The second kappa shape index (κ2) is 70.0. The molecule has 0 bridgehead atoms. The minimum absolute atomic E-state index is 1.32. The molecule has 0 aliphatic rings. The fraction of sp³-hybridized carbons (Fsp3) is 0.986. The molecule has 0 aromatic carbocycles. The normalized spacial score (nSPS) is 11.7. The van der Waals surface area contributed by atoms with Crippen LogP contribution in [0.3, 0.4) is 0 Å². The van der Waals surface area contributed by atoms with Crippen molar-refractivity contribution in [3.05, 3.63) is 6.42 Å². The van der Waals surface area contributed by atoms with Crippen molar-refractivity contribution >= 4 is 0 Å². The molecule has 0 nitrogen and oxygen atoms in total. The van der Waals surface area contributed by atoms with Gasteiger partial charge >= 0.3 is 0 Å². The molecule has 0 unspecified atom stereocenters. The summed E-state index contributed by atoms with van der Waals surface area (Å²) in [6.45, 7) is 4.51. The summed E-state index contributed by atoms with van der Waals surface area (Å²) in [4.78, 5) is 0. The van der Waals surface area contributed by atoms with Crippen molar-refractivity contribution in [2.24, 2.45) is 0 Å². The smallest absolute Gasteiger partial charge is 0.0417 e. The predicted molar refractivity (Wildman–Crippen MR) is 330 cm³/mol. The first-order valence-corrected chi connectivity index (χ1v) is 35.2. The van der Waals surface area contributed by atoms with Crippen molar-refractivity contribution in [2.75, 3.05) is 0 Å². The van der Waals surface area contributed by atoms with Crippen LogP contribution in [0.1, 0.15) is 450 Å². The average Bonchev–Trinajstić information content (AvgIpc) is 3.38. The minimum Gasteiger partial charge on any atom is -0.0654 e. The zero-order chi connectivity index (χ0) is 50.8. The fourth-order valence-electron chi connectivity index (χ4n) is 11.9. The van der Waals surface area contributed by atoms with Gasteiger partial charge in [0.2, 0.25) is 0 Å². The Hall–Kier alpha value is 0. The van der Waals surface area contributed by atoms with Crippen molar-refractivity contribution in [1.29, 1.82) is 0 Å². The van der Waals surface area contributed by atoms with Gasteiger partial charge in [-0.05, 0) is 6.42 Å². The summed E-state index contributed by atoms with van der Waals surface area (Å²) in [7, 11) is 0. The molecule has 0 rings (SSSR count). The summed E-state index contributed by atoms with van der Waals surface area (Å²) < 4.78 is 0. The highest BCUT2D eigenvalue weighted by Crippen LogP contribution is 2.20. The molecule has 0 heteroatoms. The number of unbranched alkanes of at least 4 members (excludes halogenated alkanes) is 68. The Morgan fingerprint density at radius 2 is 0.211 bits per heavy atom. The van der Waals surface area contributed by atoms with Crippen LogP contribution in [0.15, 0.2) is 0 Å².